The summed E-state index contributed by atoms with van der Waals surface area (Å²) >= 11 is 0. The maximum absolute atomic E-state index is 13.0. The number of esters is 1. The molecule has 0 fully saturated rings. The van der Waals surface area contributed by atoms with E-state index in [9.17, 15) is 22.4 Å². The molecule has 0 aliphatic heterocycles. The van der Waals surface area contributed by atoms with Crippen LogP contribution in [0.25, 0.3) is 0 Å². The van der Waals surface area contributed by atoms with Crippen molar-refractivity contribution in [2.45, 2.75) is 19.2 Å². The van der Waals surface area contributed by atoms with E-state index in [4.69, 9.17) is 5.11 Å². The highest BCUT2D eigenvalue weighted by Gasteiger charge is 2.44. The third-order valence-electron chi connectivity index (χ3n) is 2.15. The van der Waals surface area contributed by atoms with Crippen LogP contribution in [0.5, 0.6) is 5.75 Å². The lowest BCUT2D eigenvalue weighted by Gasteiger charge is -2.21. The second-order valence-corrected chi connectivity index (χ2v) is 3.82. The van der Waals surface area contributed by atoms with Crippen LogP contribution in [0, 0.1) is 5.82 Å². The average Bonchev–Trinajstić information content (AvgIpc) is 2.27. The molecule has 0 heterocycles. The molecule has 0 aromatic heterocycles. The Morgan fingerprint density at radius 2 is 2.00 bits per heavy atom. The predicted molar refractivity (Wildman–Crippen MR) is 57.8 cm³/mol. The molecule has 104 valence electrons. The number of carbonyl (C=O) groups is 1. The van der Waals surface area contributed by atoms with Gasteiger partial charge in [0.15, 0.2) is 11.6 Å². The Morgan fingerprint density at radius 3 is 2.42 bits per heavy atom. The molecule has 0 amide bonds. The van der Waals surface area contributed by atoms with Crippen molar-refractivity contribution < 1.29 is 32.2 Å². The standard InChI is InChI=1S/C12H10F4O3/c1-6(2)11(18)19-10(12(14,15)16)7-3-4-9(17)8(13)5-7/h3-5,10,17H,1H2,2H3. The number of phenolic OH excluding ortho intramolecular Hbond substituents is 1. The number of rotatable bonds is 3. The van der Waals surface area contributed by atoms with Gasteiger partial charge in [0, 0.05) is 11.1 Å². The Kier molecular flexibility index (Phi) is 4.18. The van der Waals surface area contributed by atoms with Crippen molar-refractivity contribution in [1.29, 1.82) is 0 Å². The van der Waals surface area contributed by atoms with E-state index in [2.05, 4.69) is 11.3 Å². The lowest BCUT2D eigenvalue weighted by atomic mass is 10.1. The molecule has 0 spiro atoms. The monoisotopic (exact) mass is 278 g/mol. The molecule has 1 aromatic carbocycles. The molecule has 1 aromatic rings. The summed E-state index contributed by atoms with van der Waals surface area (Å²) < 4.78 is 55.6. The van der Waals surface area contributed by atoms with Gasteiger partial charge in [-0.25, -0.2) is 9.18 Å². The molecule has 3 nitrogen and oxygen atoms in total. The van der Waals surface area contributed by atoms with Crippen LogP contribution in [0.15, 0.2) is 30.4 Å². The molecular weight excluding hydrogens is 268 g/mol. The zero-order chi connectivity index (χ0) is 14.8. The lowest BCUT2D eigenvalue weighted by molar-refractivity contribution is -0.222. The summed E-state index contributed by atoms with van der Waals surface area (Å²) in [6.07, 6.45) is -7.53. The van der Waals surface area contributed by atoms with Gasteiger partial charge in [-0.1, -0.05) is 12.6 Å². The fraction of sp³-hybridized carbons (Fsp3) is 0.250. The highest BCUT2D eigenvalue weighted by molar-refractivity contribution is 5.87. The molecule has 19 heavy (non-hydrogen) atoms. The van der Waals surface area contributed by atoms with Crippen molar-refractivity contribution in [2.24, 2.45) is 0 Å². The van der Waals surface area contributed by atoms with Crippen molar-refractivity contribution in [3.63, 3.8) is 0 Å². The van der Waals surface area contributed by atoms with Gasteiger partial charge in [-0.05, 0) is 19.1 Å². The number of benzene rings is 1. The summed E-state index contributed by atoms with van der Waals surface area (Å²) in [5.41, 5.74) is -0.842. The second kappa shape index (κ2) is 5.29. The van der Waals surface area contributed by atoms with E-state index >= 15 is 0 Å². The number of carbonyl (C=O) groups excluding carboxylic acids is 1. The van der Waals surface area contributed by atoms with Crippen LogP contribution in [-0.2, 0) is 9.53 Å². The Bertz CT molecular complexity index is 508. The summed E-state index contributed by atoms with van der Waals surface area (Å²) in [5.74, 6) is -3.27. The molecular formula is C12H10F4O3. The number of halogens is 4. The largest absolute Gasteiger partial charge is 0.505 e. The highest BCUT2D eigenvalue weighted by atomic mass is 19.4. The van der Waals surface area contributed by atoms with Crippen LogP contribution >= 0.6 is 0 Å². The molecule has 0 saturated carbocycles. The van der Waals surface area contributed by atoms with Crippen molar-refractivity contribution in [3.05, 3.63) is 41.7 Å². The highest BCUT2D eigenvalue weighted by Crippen LogP contribution is 2.37. The molecule has 0 aliphatic carbocycles. The van der Waals surface area contributed by atoms with E-state index in [1.807, 2.05) is 0 Å². The number of alkyl halides is 3. The van der Waals surface area contributed by atoms with Crippen LogP contribution in [-0.4, -0.2) is 17.3 Å². The van der Waals surface area contributed by atoms with Crippen molar-refractivity contribution >= 4 is 5.97 Å². The van der Waals surface area contributed by atoms with Crippen LogP contribution in [0.3, 0.4) is 0 Å². The fourth-order valence-corrected chi connectivity index (χ4v) is 1.22. The second-order valence-electron chi connectivity index (χ2n) is 3.82. The van der Waals surface area contributed by atoms with Gasteiger partial charge in [0.1, 0.15) is 0 Å². The first-order valence-corrected chi connectivity index (χ1v) is 5.04. The Hall–Kier alpha value is -2.05. The summed E-state index contributed by atoms with van der Waals surface area (Å²) in [6, 6.07) is 2.03. The summed E-state index contributed by atoms with van der Waals surface area (Å²) in [6.45, 7) is 4.35. The number of hydrogen-bond donors (Lipinski definition) is 1. The molecule has 1 N–H and O–H groups in total. The Labute approximate surface area is 106 Å². The lowest BCUT2D eigenvalue weighted by Crippen LogP contribution is -2.26. The van der Waals surface area contributed by atoms with Crippen LogP contribution in [0.4, 0.5) is 17.6 Å². The minimum atomic E-state index is -4.91. The third-order valence-corrected chi connectivity index (χ3v) is 2.15. The molecule has 0 aliphatic rings. The topological polar surface area (TPSA) is 46.5 Å². The zero-order valence-corrected chi connectivity index (χ0v) is 9.79. The first-order valence-electron chi connectivity index (χ1n) is 5.04. The smallest absolute Gasteiger partial charge is 0.429 e. The number of aromatic hydroxyl groups is 1. The number of ether oxygens (including phenoxy) is 1. The van der Waals surface area contributed by atoms with E-state index in [0.29, 0.717) is 6.07 Å². The van der Waals surface area contributed by atoms with Crippen LogP contribution < -0.4 is 0 Å². The summed E-state index contributed by atoms with van der Waals surface area (Å²) in [7, 11) is 0. The van der Waals surface area contributed by atoms with E-state index < -0.39 is 35.4 Å². The van der Waals surface area contributed by atoms with Gasteiger partial charge in [0.05, 0.1) is 0 Å². The molecule has 1 atom stereocenters. The average molecular weight is 278 g/mol. The summed E-state index contributed by atoms with van der Waals surface area (Å²) in [5, 5.41) is 8.92. The van der Waals surface area contributed by atoms with Crippen LogP contribution in [0.2, 0.25) is 0 Å². The van der Waals surface area contributed by atoms with Crippen molar-refractivity contribution in [1.82, 2.24) is 0 Å². The summed E-state index contributed by atoms with van der Waals surface area (Å²) in [4.78, 5) is 11.2. The SMILES string of the molecule is C=C(C)C(=O)OC(c1ccc(O)c(F)c1)C(F)(F)F. The molecule has 0 saturated heterocycles. The first kappa shape index (κ1) is 15.0. The van der Waals surface area contributed by atoms with E-state index in [-0.39, 0.29) is 5.57 Å². The van der Waals surface area contributed by atoms with Gasteiger partial charge >= 0.3 is 12.1 Å². The fourth-order valence-electron chi connectivity index (χ4n) is 1.22. The van der Waals surface area contributed by atoms with Crippen LogP contribution in [0.1, 0.15) is 18.6 Å². The minimum absolute atomic E-state index is 0.214. The molecule has 7 heteroatoms. The van der Waals surface area contributed by atoms with E-state index in [1.165, 1.54) is 6.92 Å². The Morgan fingerprint density at radius 1 is 1.42 bits per heavy atom. The van der Waals surface area contributed by atoms with Crippen molar-refractivity contribution in [3.8, 4) is 5.75 Å². The quantitative estimate of drug-likeness (QED) is 0.524. The maximum atomic E-state index is 13.0. The van der Waals surface area contributed by atoms with Gasteiger partial charge in [0.2, 0.25) is 6.10 Å². The van der Waals surface area contributed by atoms with Gasteiger partial charge < -0.3 is 9.84 Å². The Balaban J connectivity index is 3.14. The minimum Gasteiger partial charge on any atom is -0.505 e. The molecule has 1 unspecified atom stereocenters. The van der Waals surface area contributed by atoms with E-state index in [1.54, 1.807) is 0 Å². The first-order chi connectivity index (χ1) is 8.62. The van der Waals surface area contributed by atoms with Crippen molar-refractivity contribution in [2.75, 3.05) is 0 Å². The van der Waals surface area contributed by atoms with Gasteiger partial charge in [-0.15, -0.1) is 0 Å². The normalized spacial score (nSPS) is 12.9. The third kappa shape index (κ3) is 3.70. The van der Waals surface area contributed by atoms with Gasteiger partial charge in [-0.3, -0.25) is 0 Å². The van der Waals surface area contributed by atoms with Gasteiger partial charge in [-0.2, -0.15) is 13.2 Å². The predicted octanol–water partition coefficient (Wildman–Crippen LogP) is 3.25. The molecule has 0 bridgehead atoms. The number of phenols is 1. The van der Waals surface area contributed by atoms with Gasteiger partial charge in [0.25, 0.3) is 0 Å². The van der Waals surface area contributed by atoms with E-state index in [0.717, 1.165) is 12.1 Å². The zero-order valence-electron chi connectivity index (χ0n) is 9.79. The molecule has 1 rings (SSSR count). The number of hydrogen-bond acceptors (Lipinski definition) is 3. The molecule has 0 radical (unpaired) electrons. The maximum Gasteiger partial charge on any atom is 0.429 e.